The number of amides is 1. The molecule has 0 aliphatic rings. The number of hydrogen-bond acceptors (Lipinski definition) is 2. The lowest BCUT2D eigenvalue weighted by Crippen LogP contribution is -2.12. The second kappa shape index (κ2) is 6.03. The number of hydrogen-bond donors (Lipinski definition) is 1. The van der Waals surface area contributed by atoms with Crippen LogP contribution in [0.5, 0.6) is 0 Å². The molecule has 0 fully saturated rings. The molecule has 90 valence electrons. The van der Waals surface area contributed by atoms with E-state index in [0.29, 0.717) is 6.42 Å². The molecular weight excluding hydrogens is 270 g/mol. The number of carbonyl (C=O) groups excluding carboxylic acids is 1. The molecule has 1 amide bonds. The summed E-state index contributed by atoms with van der Waals surface area (Å²) in [7, 11) is 1.88. The second-order valence-corrected chi connectivity index (χ2v) is 4.66. The van der Waals surface area contributed by atoms with Gasteiger partial charge in [0, 0.05) is 18.8 Å². The van der Waals surface area contributed by atoms with Crippen LogP contribution in [-0.2, 0) is 11.8 Å². The SMILES string of the molecule is Cc1nn(C)c(C)c1NC(=O)CCCCBr. The minimum absolute atomic E-state index is 0.0696. The van der Waals surface area contributed by atoms with Gasteiger partial charge in [-0.3, -0.25) is 9.48 Å². The highest BCUT2D eigenvalue weighted by Crippen LogP contribution is 2.18. The third-order valence-corrected chi connectivity index (χ3v) is 3.12. The predicted molar refractivity (Wildman–Crippen MR) is 69.0 cm³/mol. The lowest BCUT2D eigenvalue weighted by atomic mass is 10.2. The van der Waals surface area contributed by atoms with Gasteiger partial charge >= 0.3 is 0 Å². The van der Waals surface area contributed by atoms with Crippen LogP contribution in [0.25, 0.3) is 0 Å². The van der Waals surface area contributed by atoms with Crippen molar-refractivity contribution < 1.29 is 4.79 Å². The van der Waals surface area contributed by atoms with Crippen LogP contribution in [0, 0.1) is 13.8 Å². The number of alkyl halides is 1. The third-order valence-electron chi connectivity index (χ3n) is 2.56. The fourth-order valence-electron chi connectivity index (χ4n) is 1.54. The summed E-state index contributed by atoms with van der Waals surface area (Å²) in [5.41, 5.74) is 2.71. The highest BCUT2D eigenvalue weighted by molar-refractivity contribution is 9.09. The summed E-state index contributed by atoms with van der Waals surface area (Å²) in [4.78, 5) is 11.6. The van der Waals surface area contributed by atoms with Crippen LogP contribution in [0.2, 0.25) is 0 Å². The summed E-state index contributed by atoms with van der Waals surface area (Å²) in [5, 5.41) is 8.12. The van der Waals surface area contributed by atoms with E-state index in [9.17, 15) is 4.79 Å². The summed E-state index contributed by atoms with van der Waals surface area (Å²) < 4.78 is 1.78. The Morgan fingerprint density at radius 2 is 2.12 bits per heavy atom. The van der Waals surface area contributed by atoms with Crippen LogP contribution in [0.3, 0.4) is 0 Å². The zero-order valence-corrected chi connectivity index (χ0v) is 11.6. The van der Waals surface area contributed by atoms with Crippen molar-refractivity contribution in [2.45, 2.75) is 33.1 Å². The number of carbonyl (C=O) groups is 1. The van der Waals surface area contributed by atoms with Gasteiger partial charge in [0.15, 0.2) is 0 Å². The number of rotatable bonds is 5. The zero-order valence-electron chi connectivity index (χ0n) is 10.0. The summed E-state index contributed by atoms with van der Waals surface area (Å²) in [5.74, 6) is 0.0696. The highest BCUT2D eigenvalue weighted by Gasteiger charge is 2.11. The molecule has 0 aliphatic carbocycles. The molecule has 0 spiro atoms. The summed E-state index contributed by atoms with van der Waals surface area (Å²) in [6.45, 7) is 3.86. The van der Waals surface area contributed by atoms with Crippen molar-refractivity contribution >= 4 is 27.5 Å². The van der Waals surface area contributed by atoms with Crippen LogP contribution in [0.4, 0.5) is 5.69 Å². The maximum absolute atomic E-state index is 11.6. The monoisotopic (exact) mass is 287 g/mol. The van der Waals surface area contributed by atoms with Crippen molar-refractivity contribution in [3.8, 4) is 0 Å². The van der Waals surface area contributed by atoms with E-state index < -0.39 is 0 Å². The molecule has 0 unspecified atom stereocenters. The van der Waals surface area contributed by atoms with Crippen LogP contribution in [0.1, 0.15) is 30.7 Å². The molecule has 5 heteroatoms. The first-order valence-corrected chi connectivity index (χ1v) is 6.54. The molecule has 0 bridgehead atoms. The van der Waals surface area contributed by atoms with Gasteiger partial charge in [0.2, 0.25) is 5.91 Å². The van der Waals surface area contributed by atoms with Crippen molar-refractivity contribution in [1.82, 2.24) is 9.78 Å². The highest BCUT2D eigenvalue weighted by atomic mass is 79.9. The largest absolute Gasteiger partial charge is 0.323 e. The van der Waals surface area contributed by atoms with E-state index in [1.54, 1.807) is 4.68 Å². The molecule has 0 radical (unpaired) electrons. The Morgan fingerprint density at radius 3 is 2.62 bits per heavy atom. The Balaban J connectivity index is 2.56. The van der Waals surface area contributed by atoms with E-state index in [1.165, 1.54) is 0 Å². The number of unbranched alkanes of at least 4 members (excludes halogenated alkanes) is 1. The first-order valence-electron chi connectivity index (χ1n) is 5.42. The van der Waals surface area contributed by atoms with Gasteiger partial charge in [0.25, 0.3) is 0 Å². The van der Waals surface area contributed by atoms with E-state index in [1.807, 2.05) is 20.9 Å². The fraction of sp³-hybridized carbons (Fsp3) is 0.636. The molecule has 0 atom stereocenters. The third kappa shape index (κ3) is 3.33. The van der Waals surface area contributed by atoms with E-state index in [4.69, 9.17) is 0 Å². The number of nitrogens with zero attached hydrogens (tertiary/aromatic N) is 2. The number of aromatic nitrogens is 2. The summed E-state index contributed by atoms with van der Waals surface area (Å²) in [6, 6.07) is 0. The number of anilines is 1. The normalized spacial score (nSPS) is 10.5. The number of aryl methyl sites for hydroxylation is 2. The van der Waals surface area contributed by atoms with Gasteiger partial charge in [-0.2, -0.15) is 5.10 Å². The lowest BCUT2D eigenvalue weighted by Gasteiger charge is -2.05. The van der Waals surface area contributed by atoms with Crippen LogP contribution >= 0.6 is 15.9 Å². The molecule has 1 N–H and O–H groups in total. The average Bonchev–Trinajstić information content (AvgIpc) is 2.46. The van der Waals surface area contributed by atoms with Gasteiger partial charge < -0.3 is 5.32 Å². The Morgan fingerprint density at radius 1 is 1.44 bits per heavy atom. The molecule has 16 heavy (non-hydrogen) atoms. The molecule has 1 aromatic rings. The van der Waals surface area contributed by atoms with Crippen LogP contribution in [-0.4, -0.2) is 21.0 Å². The maximum atomic E-state index is 11.6. The van der Waals surface area contributed by atoms with Crippen LogP contribution < -0.4 is 5.32 Å². The minimum Gasteiger partial charge on any atom is -0.323 e. The lowest BCUT2D eigenvalue weighted by molar-refractivity contribution is -0.116. The molecule has 0 aliphatic heterocycles. The van der Waals surface area contributed by atoms with Crippen molar-refractivity contribution in [1.29, 1.82) is 0 Å². The number of nitrogens with one attached hydrogen (secondary N) is 1. The van der Waals surface area contributed by atoms with Crippen LogP contribution in [0.15, 0.2) is 0 Å². The topological polar surface area (TPSA) is 46.9 Å². The smallest absolute Gasteiger partial charge is 0.224 e. The molecule has 1 heterocycles. The molecular formula is C11H18BrN3O. The van der Waals surface area contributed by atoms with Crippen molar-refractivity contribution in [2.75, 3.05) is 10.6 Å². The second-order valence-electron chi connectivity index (χ2n) is 3.86. The number of halogens is 1. The fourth-order valence-corrected chi connectivity index (χ4v) is 1.93. The zero-order chi connectivity index (χ0) is 12.1. The van der Waals surface area contributed by atoms with Gasteiger partial charge in [0.05, 0.1) is 17.1 Å². The predicted octanol–water partition coefficient (Wildman–Crippen LogP) is 2.54. The average molecular weight is 288 g/mol. The van der Waals surface area contributed by atoms with Gasteiger partial charge in [0.1, 0.15) is 0 Å². The Labute approximate surface area is 105 Å². The van der Waals surface area contributed by atoms with Crippen molar-refractivity contribution in [3.63, 3.8) is 0 Å². The summed E-state index contributed by atoms with van der Waals surface area (Å²) >= 11 is 3.35. The quantitative estimate of drug-likeness (QED) is 0.668. The molecule has 4 nitrogen and oxygen atoms in total. The molecule has 0 aromatic carbocycles. The Bertz CT molecular complexity index is 374. The Hall–Kier alpha value is -0.840. The first kappa shape index (κ1) is 13.2. The Kier molecular flexibility index (Phi) is 4.99. The van der Waals surface area contributed by atoms with E-state index in [0.717, 1.165) is 35.2 Å². The van der Waals surface area contributed by atoms with Gasteiger partial charge in [-0.05, 0) is 26.7 Å². The molecule has 0 saturated heterocycles. The van der Waals surface area contributed by atoms with E-state index in [2.05, 4.69) is 26.3 Å². The van der Waals surface area contributed by atoms with Crippen molar-refractivity contribution in [3.05, 3.63) is 11.4 Å². The molecule has 0 saturated carbocycles. The molecule has 1 rings (SSSR count). The van der Waals surface area contributed by atoms with Gasteiger partial charge in [-0.15, -0.1) is 0 Å². The van der Waals surface area contributed by atoms with E-state index >= 15 is 0 Å². The maximum Gasteiger partial charge on any atom is 0.224 e. The minimum atomic E-state index is 0.0696. The van der Waals surface area contributed by atoms with Gasteiger partial charge in [-0.1, -0.05) is 15.9 Å². The molecule has 1 aromatic heterocycles. The van der Waals surface area contributed by atoms with Gasteiger partial charge in [-0.25, -0.2) is 0 Å². The summed E-state index contributed by atoms with van der Waals surface area (Å²) in [6.07, 6.45) is 2.51. The van der Waals surface area contributed by atoms with E-state index in [-0.39, 0.29) is 5.91 Å². The first-order chi connectivity index (χ1) is 7.56. The van der Waals surface area contributed by atoms with Crippen molar-refractivity contribution in [2.24, 2.45) is 7.05 Å². The standard InChI is InChI=1S/C11H18BrN3O/c1-8-11(9(2)15(3)14-8)13-10(16)6-4-5-7-12/h4-7H2,1-3H3,(H,13,16).